The first kappa shape index (κ1) is 19.5. The molecule has 2 amide bonds. The Balaban J connectivity index is 1.60. The van der Waals surface area contributed by atoms with Crippen molar-refractivity contribution in [3.8, 4) is 0 Å². The van der Waals surface area contributed by atoms with Gasteiger partial charge in [-0.3, -0.25) is 9.59 Å². The number of methoxy groups -OCH3 is 1. The number of likely N-dealkylation sites (tertiary alicyclic amines) is 2. The van der Waals surface area contributed by atoms with Gasteiger partial charge in [0.2, 0.25) is 5.91 Å². The van der Waals surface area contributed by atoms with Crippen molar-refractivity contribution in [2.24, 2.45) is 0 Å². The minimum atomic E-state index is -0.569. The summed E-state index contributed by atoms with van der Waals surface area (Å²) in [6.45, 7) is 0.470. The fourth-order valence-corrected chi connectivity index (χ4v) is 4.79. The maximum atomic E-state index is 13.2. The molecule has 0 saturated carbocycles. The molecule has 0 radical (unpaired) electrons. The van der Waals surface area contributed by atoms with Gasteiger partial charge in [0, 0.05) is 31.7 Å². The monoisotopic (exact) mass is 398 g/mol. The Labute approximate surface area is 168 Å². The van der Waals surface area contributed by atoms with Crippen molar-refractivity contribution >= 4 is 11.8 Å². The predicted molar refractivity (Wildman–Crippen MR) is 104 cm³/mol. The van der Waals surface area contributed by atoms with Gasteiger partial charge in [0.1, 0.15) is 12.4 Å². The highest BCUT2D eigenvalue weighted by Gasteiger charge is 2.68. The quantitative estimate of drug-likeness (QED) is 0.832. The summed E-state index contributed by atoms with van der Waals surface area (Å²) >= 11 is 0. The first-order chi connectivity index (χ1) is 14.0. The lowest BCUT2D eigenvalue weighted by Gasteiger charge is -2.70. The van der Waals surface area contributed by atoms with Crippen LogP contribution in [0.5, 0.6) is 0 Å². The number of rotatable bonds is 5. The van der Waals surface area contributed by atoms with Gasteiger partial charge < -0.3 is 19.6 Å². The molecule has 1 spiro atoms. The topological polar surface area (TPSA) is 70.1 Å². The molecule has 2 aliphatic heterocycles. The Morgan fingerprint density at radius 2 is 1.79 bits per heavy atom. The summed E-state index contributed by atoms with van der Waals surface area (Å²) in [4.78, 5) is 28.8. The number of benzene rings is 2. The minimum absolute atomic E-state index is 0.0771. The Morgan fingerprint density at radius 1 is 1.14 bits per heavy atom. The molecule has 0 unspecified atom stereocenters. The molecule has 152 valence electrons. The third kappa shape index (κ3) is 3.10. The number of aliphatic hydroxyl groups is 1. The molecule has 2 saturated heterocycles. The number of nitrogens with zero attached hydrogens (tertiary/aromatic N) is 2. The first-order valence-electron chi connectivity index (χ1n) is 9.53. The fraction of sp³-hybridized carbons (Fsp3) is 0.364. The molecule has 0 aromatic heterocycles. The maximum absolute atomic E-state index is 13.2. The number of carbonyl (C=O) groups excluding carboxylic acids is 2. The second-order valence-electron chi connectivity index (χ2n) is 7.61. The zero-order valence-corrected chi connectivity index (χ0v) is 16.1. The average Bonchev–Trinajstić information content (AvgIpc) is 2.68. The Hall–Kier alpha value is -2.77. The summed E-state index contributed by atoms with van der Waals surface area (Å²) in [5.74, 6) is -0.875. The molecule has 2 fully saturated rings. The lowest BCUT2D eigenvalue weighted by Crippen LogP contribution is -2.86. The third-order valence-electron chi connectivity index (χ3n) is 5.97. The van der Waals surface area contributed by atoms with E-state index in [4.69, 9.17) is 4.74 Å². The second-order valence-corrected chi connectivity index (χ2v) is 7.61. The van der Waals surface area contributed by atoms with Crippen molar-refractivity contribution in [3.05, 3.63) is 71.5 Å². The van der Waals surface area contributed by atoms with Crippen LogP contribution in [-0.2, 0) is 9.53 Å². The van der Waals surface area contributed by atoms with Crippen LogP contribution in [-0.4, -0.2) is 71.7 Å². The van der Waals surface area contributed by atoms with Gasteiger partial charge in [0.25, 0.3) is 5.91 Å². The van der Waals surface area contributed by atoms with Gasteiger partial charge in [0.15, 0.2) is 0 Å². The van der Waals surface area contributed by atoms with E-state index in [0.29, 0.717) is 18.7 Å². The van der Waals surface area contributed by atoms with Crippen molar-refractivity contribution < 1.29 is 23.8 Å². The maximum Gasteiger partial charge on any atom is 0.254 e. The summed E-state index contributed by atoms with van der Waals surface area (Å²) in [5, 5.41) is 9.99. The minimum Gasteiger partial charge on any atom is -0.394 e. The SMILES string of the molecule is COCC(=O)N1[C@@H](CO)[C@H](c2ccccc2)C12CN(C(=O)c1ccc(F)cc1)C2. The van der Waals surface area contributed by atoms with Crippen LogP contribution in [0.3, 0.4) is 0 Å². The zero-order chi connectivity index (χ0) is 20.6. The van der Waals surface area contributed by atoms with E-state index in [1.165, 1.54) is 31.4 Å². The van der Waals surface area contributed by atoms with Crippen molar-refractivity contribution in [1.82, 2.24) is 9.80 Å². The Morgan fingerprint density at radius 3 is 2.38 bits per heavy atom. The van der Waals surface area contributed by atoms with Gasteiger partial charge in [-0.1, -0.05) is 30.3 Å². The largest absolute Gasteiger partial charge is 0.394 e. The lowest BCUT2D eigenvalue weighted by molar-refractivity contribution is -0.196. The van der Waals surface area contributed by atoms with E-state index >= 15 is 0 Å². The zero-order valence-electron chi connectivity index (χ0n) is 16.1. The van der Waals surface area contributed by atoms with Crippen LogP contribution >= 0.6 is 0 Å². The normalized spacial score (nSPS) is 22.2. The van der Waals surface area contributed by atoms with Crippen molar-refractivity contribution in [2.45, 2.75) is 17.5 Å². The summed E-state index contributed by atoms with van der Waals surface area (Å²) < 4.78 is 18.2. The van der Waals surface area contributed by atoms with Crippen LogP contribution in [0.2, 0.25) is 0 Å². The highest BCUT2D eigenvalue weighted by atomic mass is 19.1. The van der Waals surface area contributed by atoms with Crippen molar-refractivity contribution in [2.75, 3.05) is 33.4 Å². The molecule has 2 aliphatic rings. The summed E-state index contributed by atoms with van der Waals surface area (Å²) in [5.41, 5.74) is 0.868. The number of hydrogen-bond donors (Lipinski definition) is 1. The summed E-state index contributed by atoms with van der Waals surface area (Å²) in [7, 11) is 1.46. The number of halogens is 1. The van der Waals surface area contributed by atoms with Crippen LogP contribution in [0.25, 0.3) is 0 Å². The smallest absolute Gasteiger partial charge is 0.254 e. The van der Waals surface area contributed by atoms with Crippen LogP contribution in [0.4, 0.5) is 4.39 Å². The molecule has 0 aliphatic carbocycles. The van der Waals surface area contributed by atoms with Gasteiger partial charge in [-0.05, 0) is 29.8 Å². The van der Waals surface area contributed by atoms with Gasteiger partial charge >= 0.3 is 0 Å². The molecule has 2 atom stereocenters. The van der Waals surface area contributed by atoms with Crippen molar-refractivity contribution in [1.29, 1.82) is 0 Å². The molecule has 4 rings (SSSR count). The van der Waals surface area contributed by atoms with E-state index in [-0.39, 0.29) is 37.0 Å². The Bertz CT molecular complexity index is 897. The lowest BCUT2D eigenvalue weighted by atomic mass is 9.60. The number of carbonyl (C=O) groups is 2. The number of aliphatic hydroxyl groups excluding tert-OH is 1. The van der Waals surface area contributed by atoms with Gasteiger partial charge in [-0.15, -0.1) is 0 Å². The van der Waals surface area contributed by atoms with Crippen LogP contribution in [0.1, 0.15) is 21.8 Å². The fourth-order valence-electron chi connectivity index (χ4n) is 4.79. The third-order valence-corrected chi connectivity index (χ3v) is 5.97. The molecular formula is C22H23FN2O4. The molecule has 29 heavy (non-hydrogen) atoms. The second kappa shape index (κ2) is 7.57. The van der Waals surface area contributed by atoms with E-state index in [0.717, 1.165) is 5.56 Å². The Kier molecular flexibility index (Phi) is 5.10. The van der Waals surface area contributed by atoms with E-state index in [2.05, 4.69) is 0 Å². The molecule has 1 N–H and O–H groups in total. The summed E-state index contributed by atoms with van der Waals surface area (Å²) in [6, 6.07) is 14.8. The van der Waals surface area contributed by atoms with E-state index < -0.39 is 11.4 Å². The molecule has 2 heterocycles. The van der Waals surface area contributed by atoms with Gasteiger partial charge in [-0.25, -0.2) is 4.39 Å². The van der Waals surface area contributed by atoms with Gasteiger partial charge in [-0.2, -0.15) is 0 Å². The van der Waals surface area contributed by atoms with Crippen molar-refractivity contribution in [3.63, 3.8) is 0 Å². The van der Waals surface area contributed by atoms with Gasteiger partial charge in [0.05, 0.1) is 18.2 Å². The van der Waals surface area contributed by atoms with E-state index in [1.54, 1.807) is 9.80 Å². The van der Waals surface area contributed by atoms with Crippen LogP contribution in [0, 0.1) is 5.82 Å². The van der Waals surface area contributed by atoms with E-state index in [9.17, 15) is 19.1 Å². The first-order valence-corrected chi connectivity index (χ1v) is 9.53. The predicted octanol–water partition coefficient (Wildman–Crippen LogP) is 1.65. The molecule has 2 aromatic carbocycles. The molecule has 2 aromatic rings. The number of amides is 2. The average molecular weight is 398 g/mol. The standard InChI is InChI=1S/C22H23FN2O4/c1-29-12-19(27)25-18(11-26)20(15-5-3-2-4-6-15)22(25)13-24(14-22)21(28)16-7-9-17(23)10-8-16/h2-10,18,20,26H,11-14H2,1H3/t18-,20-/m0/s1. The molecular weight excluding hydrogens is 375 g/mol. The number of hydrogen-bond acceptors (Lipinski definition) is 4. The highest BCUT2D eigenvalue weighted by molar-refractivity contribution is 5.95. The van der Waals surface area contributed by atoms with Crippen LogP contribution in [0.15, 0.2) is 54.6 Å². The van der Waals surface area contributed by atoms with E-state index in [1.807, 2.05) is 30.3 Å². The van der Waals surface area contributed by atoms with Crippen LogP contribution < -0.4 is 0 Å². The summed E-state index contributed by atoms with van der Waals surface area (Å²) in [6.07, 6.45) is 0. The molecule has 6 nitrogen and oxygen atoms in total. The molecule has 7 heteroatoms. The molecule has 0 bridgehead atoms. The number of ether oxygens (including phenoxy) is 1. The highest BCUT2D eigenvalue weighted by Crippen LogP contribution is 2.54.